The van der Waals surface area contributed by atoms with Crippen molar-refractivity contribution in [2.45, 2.75) is 20.8 Å². The summed E-state index contributed by atoms with van der Waals surface area (Å²) in [6.45, 7) is 7.78. The third kappa shape index (κ3) is 2.95. The summed E-state index contributed by atoms with van der Waals surface area (Å²) in [6.07, 6.45) is 1.63. The molecule has 4 heteroatoms. The van der Waals surface area contributed by atoms with E-state index in [0.29, 0.717) is 11.7 Å². The predicted octanol–water partition coefficient (Wildman–Crippen LogP) is 2.26. The molecule has 0 saturated heterocycles. The number of carboxylic acids is 1. The van der Waals surface area contributed by atoms with Crippen LogP contribution in [-0.4, -0.2) is 29.1 Å². The number of carboxylic acid groups (broad SMARTS) is 1. The van der Waals surface area contributed by atoms with Crippen molar-refractivity contribution in [2.24, 2.45) is 5.92 Å². The highest BCUT2D eigenvalue weighted by Gasteiger charge is 2.16. The van der Waals surface area contributed by atoms with E-state index in [4.69, 9.17) is 5.11 Å². The van der Waals surface area contributed by atoms with Gasteiger partial charge in [-0.2, -0.15) is 0 Å². The molecular weight excluding hydrogens is 204 g/mol. The molecule has 0 fully saturated rings. The highest BCUT2D eigenvalue weighted by Crippen LogP contribution is 2.18. The molecule has 16 heavy (non-hydrogen) atoms. The number of anilines is 1. The van der Waals surface area contributed by atoms with Crippen molar-refractivity contribution < 1.29 is 9.90 Å². The average Bonchev–Trinajstić information content (AvgIpc) is 2.25. The van der Waals surface area contributed by atoms with Crippen molar-refractivity contribution in [3.63, 3.8) is 0 Å². The van der Waals surface area contributed by atoms with Crippen LogP contribution in [0, 0.1) is 5.92 Å². The van der Waals surface area contributed by atoms with E-state index in [1.54, 1.807) is 18.3 Å². The van der Waals surface area contributed by atoms with E-state index in [1.807, 2.05) is 11.8 Å². The van der Waals surface area contributed by atoms with Crippen LogP contribution in [0.3, 0.4) is 0 Å². The van der Waals surface area contributed by atoms with Crippen LogP contribution in [0.15, 0.2) is 18.3 Å². The van der Waals surface area contributed by atoms with Crippen molar-refractivity contribution in [2.75, 3.05) is 18.0 Å². The first-order valence-electron chi connectivity index (χ1n) is 5.49. The Morgan fingerprint density at radius 2 is 2.25 bits per heavy atom. The van der Waals surface area contributed by atoms with Crippen LogP contribution in [0.25, 0.3) is 0 Å². The number of pyridine rings is 1. The number of nitrogens with zero attached hydrogens (tertiary/aromatic N) is 2. The van der Waals surface area contributed by atoms with Gasteiger partial charge in [-0.15, -0.1) is 0 Å². The molecule has 1 N–H and O–H groups in total. The van der Waals surface area contributed by atoms with E-state index >= 15 is 0 Å². The molecule has 0 atom stereocenters. The van der Waals surface area contributed by atoms with Gasteiger partial charge in [0.1, 0.15) is 11.4 Å². The standard InChI is InChI=1S/C12H18N2O2/c1-4-14(8-9(2)3)11-10(12(15)16)6-5-7-13-11/h5-7,9H,4,8H2,1-3H3,(H,15,16). The maximum atomic E-state index is 11.1. The first-order chi connectivity index (χ1) is 7.56. The van der Waals surface area contributed by atoms with Gasteiger partial charge in [0.2, 0.25) is 0 Å². The van der Waals surface area contributed by atoms with Gasteiger partial charge in [-0.3, -0.25) is 0 Å². The van der Waals surface area contributed by atoms with E-state index in [9.17, 15) is 4.79 Å². The first kappa shape index (κ1) is 12.5. The second-order valence-corrected chi connectivity index (χ2v) is 4.11. The second-order valence-electron chi connectivity index (χ2n) is 4.11. The molecule has 1 aromatic heterocycles. The van der Waals surface area contributed by atoms with Gasteiger partial charge < -0.3 is 10.0 Å². The quantitative estimate of drug-likeness (QED) is 0.830. The van der Waals surface area contributed by atoms with E-state index in [1.165, 1.54) is 0 Å². The van der Waals surface area contributed by atoms with Crippen LogP contribution in [0.2, 0.25) is 0 Å². The van der Waals surface area contributed by atoms with Gasteiger partial charge in [-0.1, -0.05) is 13.8 Å². The molecule has 0 spiro atoms. The molecule has 4 nitrogen and oxygen atoms in total. The molecule has 0 saturated carbocycles. The van der Waals surface area contributed by atoms with Crippen LogP contribution in [0.5, 0.6) is 0 Å². The molecule has 0 radical (unpaired) electrons. The van der Waals surface area contributed by atoms with Crippen LogP contribution in [0.4, 0.5) is 5.82 Å². The van der Waals surface area contributed by atoms with Gasteiger partial charge in [0, 0.05) is 19.3 Å². The van der Waals surface area contributed by atoms with Gasteiger partial charge in [0.25, 0.3) is 0 Å². The minimum Gasteiger partial charge on any atom is -0.478 e. The second kappa shape index (κ2) is 5.49. The number of aromatic carboxylic acids is 1. The lowest BCUT2D eigenvalue weighted by atomic mass is 10.2. The number of hydrogen-bond acceptors (Lipinski definition) is 3. The zero-order valence-corrected chi connectivity index (χ0v) is 9.97. The fourth-order valence-electron chi connectivity index (χ4n) is 1.62. The summed E-state index contributed by atoms with van der Waals surface area (Å²) in [5.74, 6) is 0.111. The third-order valence-corrected chi connectivity index (χ3v) is 2.28. The highest BCUT2D eigenvalue weighted by atomic mass is 16.4. The van der Waals surface area contributed by atoms with Gasteiger partial charge in [-0.05, 0) is 25.0 Å². The summed E-state index contributed by atoms with van der Waals surface area (Å²) in [7, 11) is 0. The zero-order chi connectivity index (χ0) is 12.1. The lowest BCUT2D eigenvalue weighted by Crippen LogP contribution is -2.29. The van der Waals surface area contributed by atoms with Crippen molar-refractivity contribution in [1.29, 1.82) is 0 Å². The van der Waals surface area contributed by atoms with Gasteiger partial charge in [0.05, 0.1) is 0 Å². The largest absolute Gasteiger partial charge is 0.478 e. The molecule has 88 valence electrons. The van der Waals surface area contributed by atoms with Crippen molar-refractivity contribution in [1.82, 2.24) is 4.98 Å². The molecule has 1 rings (SSSR count). The lowest BCUT2D eigenvalue weighted by Gasteiger charge is -2.25. The molecule has 1 aromatic rings. The topological polar surface area (TPSA) is 53.4 Å². The molecule has 0 aromatic carbocycles. The molecule has 0 bridgehead atoms. The molecule has 1 heterocycles. The fraction of sp³-hybridized carbons (Fsp3) is 0.500. The van der Waals surface area contributed by atoms with E-state index in [-0.39, 0.29) is 5.56 Å². The minimum absolute atomic E-state index is 0.269. The SMILES string of the molecule is CCN(CC(C)C)c1ncccc1C(=O)O. The maximum Gasteiger partial charge on any atom is 0.339 e. The molecular formula is C12H18N2O2. The summed E-state index contributed by atoms with van der Waals surface area (Å²) < 4.78 is 0. The van der Waals surface area contributed by atoms with Gasteiger partial charge in [0.15, 0.2) is 0 Å². The Hall–Kier alpha value is -1.58. The first-order valence-corrected chi connectivity index (χ1v) is 5.49. The van der Waals surface area contributed by atoms with Crippen LogP contribution >= 0.6 is 0 Å². The van der Waals surface area contributed by atoms with E-state index < -0.39 is 5.97 Å². The van der Waals surface area contributed by atoms with Gasteiger partial charge in [-0.25, -0.2) is 9.78 Å². The average molecular weight is 222 g/mol. The number of carbonyl (C=O) groups is 1. The number of hydrogen-bond donors (Lipinski definition) is 1. The van der Waals surface area contributed by atoms with Crippen LogP contribution in [0.1, 0.15) is 31.1 Å². The molecule has 0 aliphatic heterocycles. The third-order valence-electron chi connectivity index (χ3n) is 2.28. The van der Waals surface area contributed by atoms with Crippen LogP contribution in [-0.2, 0) is 0 Å². The Bertz CT molecular complexity index is 364. The summed E-state index contributed by atoms with van der Waals surface area (Å²) in [4.78, 5) is 17.2. The molecule has 0 aliphatic carbocycles. The van der Waals surface area contributed by atoms with Crippen molar-refractivity contribution in [3.8, 4) is 0 Å². The Morgan fingerprint density at radius 3 is 2.75 bits per heavy atom. The summed E-state index contributed by atoms with van der Waals surface area (Å²) in [5.41, 5.74) is 0.269. The molecule has 0 unspecified atom stereocenters. The Labute approximate surface area is 95.9 Å². The Kier molecular flexibility index (Phi) is 4.28. The number of aromatic nitrogens is 1. The van der Waals surface area contributed by atoms with Crippen LogP contribution < -0.4 is 4.90 Å². The van der Waals surface area contributed by atoms with Gasteiger partial charge >= 0.3 is 5.97 Å². The lowest BCUT2D eigenvalue weighted by molar-refractivity contribution is 0.0697. The Morgan fingerprint density at radius 1 is 1.56 bits per heavy atom. The highest BCUT2D eigenvalue weighted by molar-refractivity contribution is 5.93. The monoisotopic (exact) mass is 222 g/mol. The Balaban J connectivity index is 3.04. The smallest absolute Gasteiger partial charge is 0.339 e. The molecule has 0 aliphatic rings. The number of rotatable bonds is 5. The fourth-order valence-corrected chi connectivity index (χ4v) is 1.62. The zero-order valence-electron chi connectivity index (χ0n) is 9.97. The van der Waals surface area contributed by atoms with E-state index in [0.717, 1.165) is 13.1 Å². The minimum atomic E-state index is -0.926. The normalized spacial score (nSPS) is 10.5. The van der Waals surface area contributed by atoms with Crippen molar-refractivity contribution in [3.05, 3.63) is 23.9 Å². The summed E-state index contributed by atoms with van der Waals surface area (Å²) in [6, 6.07) is 3.24. The van der Waals surface area contributed by atoms with E-state index in [2.05, 4.69) is 18.8 Å². The van der Waals surface area contributed by atoms with Crippen molar-refractivity contribution >= 4 is 11.8 Å². The molecule has 0 amide bonds. The predicted molar refractivity (Wildman–Crippen MR) is 63.9 cm³/mol. The summed E-state index contributed by atoms with van der Waals surface area (Å²) in [5, 5.41) is 9.08. The maximum absolute atomic E-state index is 11.1. The summed E-state index contributed by atoms with van der Waals surface area (Å²) >= 11 is 0.